The standard InChI is InChI=1S/C6H10N2.C5H7N.2CH4/c1-3-8-5-7-4-6(8)2;1-5-2-3-6-4-5;;/h4-5H,3H2,1-2H3;3-4H,2H2,1H3;2*1H4. The van der Waals surface area contributed by atoms with Crippen LogP contribution in [0.4, 0.5) is 0 Å². The van der Waals surface area contributed by atoms with Gasteiger partial charge >= 0.3 is 0 Å². The van der Waals surface area contributed by atoms with Gasteiger partial charge in [0.15, 0.2) is 0 Å². The topological polar surface area (TPSA) is 30.2 Å². The molecule has 0 bridgehead atoms. The quantitative estimate of drug-likeness (QED) is 0.711. The van der Waals surface area contributed by atoms with Crippen molar-refractivity contribution in [1.29, 1.82) is 0 Å². The predicted octanol–water partition coefficient (Wildman–Crippen LogP) is 3.85. The minimum Gasteiger partial charge on any atom is -0.335 e. The van der Waals surface area contributed by atoms with E-state index in [-0.39, 0.29) is 14.9 Å². The van der Waals surface area contributed by atoms with Crippen molar-refractivity contribution in [3.8, 4) is 0 Å². The first-order valence-electron chi connectivity index (χ1n) is 4.88. The highest BCUT2D eigenvalue weighted by molar-refractivity contribution is 5.64. The molecule has 92 valence electrons. The van der Waals surface area contributed by atoms with Gasteiger partial charge in [0.25, 0.3) is 0 Å². The average Bonchev–Trinajstić information content (AvgIpc) is 2.77. The van der Waals surface area contributed by atoms with Crippen molar-refractivity contribution < 1.29 is 0 Å². The number of allylic oxidation sites excluding steroid dienone is 1. The van der Waals surface area contributed by atoms with Crippen molar-refractivity contribution >= 4 is 6.21 Å². The van der Waals surface area contributed by atoms with Crippen LogP contribution < -0.4 is 0 Å². The van der Waals surface area contributed by atoms with E-state index in [1.165, 1.54) is 11.3 Å². The van der Waals surface area contributed by atoms with Crippen molar-refractivity contribution in [3.05, 3.63) is 30.0 Å². The minimum absolute atomic E-state index is 0. The van der Waals surface area contributed by atoms with Crippen LogP contribution in [-0.2, 0) is 6.54 Å². The van der Waals surface area contributed by atoms with E-state index in [2.05, 4.69) is 35.3 Å². The summed E-state index contributed by atoms with van der Waals surface area (Å²) in [6.45, 7) is 7.25. The SMILES string of the molecule is C.C.CC1=CN=CC1.CCn1cncc1C. The summed E-state index contributed by atoms with van der Waals surface area (Å²) < 4.78 is 2.10. The Morgan fingerprint density at radius 3 is 2.19 bits per heavy atom. The maximum atomic E-state index is 3.96. The Balaban J connectivity index is 0. The summed E-state index contributed by atoms with van der Waals surface area (Å²) in [5, 5.41) is 0. The molecule has 1 aliphatic rings. The van der Waals surface area contributed by atoms with E-state index in [1.807, 2.05) is 24.9 Å². The minimum atomic E-state index is 0. The maximum absolute atomic E-state index is 3.96. The number of hydrogen-bond acceptors (Lipinski definition) is 2. The van der Waals surface area contributed by atoms with Gasteiger partial charge in [-0.1, -0.05) is 14.9 Å². The molecule has 0 unspecified atom stereocenters. The first kappa shape index (κ1) is 17.0. The molecule has 0 spiro atoms. The average molecular weight is 223 g/mol. The number of aryl methyl sites for hydroxylation is 2. The first-order chi connectivity index (χ1) is 6.74. The van der Waals surface area contributed by atoms with Crippen LogP contribution in [-0.4, -0.2) is 15.8 Å². The molecule has 0 aliphatic carbocycles. The predicted molar refractivity (Wildman–Crippen MR) is 73.0 cm³/mol. The molecule has 0 aromatic carbocycles. The van der Waals surface area contributed by atoms with Gasteiger partial charge in [-0.2, -0.15) is 0 Å². The Kier molecular flexibility index (Phi) is 9.46. The number of rotatable bonds is 1. The van der Waals surface area contributed by atoms with Crippen LogP contribution in [0, 0.1) is 6.92 Å². The van der Waals surface area contributed by atoms with Crippen molar-refractivity contribution in [3.63, 3.8) is 0 Å². The molecule has 0 N–H and O–H groups in total. The summed E-state index contributed by atoms with van der Waals surface area (Å²) >= 11 is 0. The number of hydrogen-bond donors (Lipinski definition) is 0. The normalized spacial score (nSPS) is 11.8. The van der Waals surface area contributed by atoms with Crippen LogP contribution in [0.25, 0.3) is 0 Å². The van der Waals surface area contributed by atoms with E-state index >= 15 is 0 Å². The molecular formula is C13H25N3. The maximum Gasteiger partial charge on any atom is 0.0947 e. The lowest BCUT2D eigenvalue weighted by Gasteiger charge is -1.95. The molecule has 1 aromatic heterocycles. The van der Waals surface area contributed by atoms with Crippen molar-refractivity contribution in [2.45, 2.75) is 48.6 Å². The van der Waals surface area contributed by atoms with Gasteiger partial charge in [-0.15, -0.1) is 0 Å². The molecule has 0 saturated heterocycles. The Morgan fingerprint density at radius 2 is 2.00 bits per heavy atom. The Bertz CT molecular complexity index is 335. The molecule has 2 heterocycles. The van der Waals surface area contributed by atoms with E-state index < -0.39 is 0 Å². The summed E-state index contributed by atoms with van der Waals surface area (Å²) in [4.78, 5) is 7.83. The Labute approximate surface area is 99.9 Å². The lowest BCUT2D eigenvalue weighted by Crippen LogP contribution is -1.92. The van der Waals surface area contributed by atoms with E-state index in [9.17, 15) is 0 Å². The van der Waals surface area contributed by atoms with Gasteiger partial charge in [-0.3, -0.25) is 4.99 Å². The molecule has 3 heteroatoms. The van der Waals surface area contributed by atoms with Crippen LogP contribution in [0.3, 0.4) is 0 Å². The van der Waals surface area contributed by atoms with Crippen LogP contribution in [0.5, 0.6) is 0 Å². The van der Waals surface area contributed by atoms with Gasteiger partial charge in [0.1, 0.15) is 0 Å². The third-order valence-electron chi connectivity index (χ3n) is 2.07. The molecule has 2 rings (SSSR count). The molecule has 0 amide bonds. The smallest absolute Gasteiger partial charge is 0.0947 e. The zero-order valence-corrected chi connectivity index (χ0v) is 9.07. The first-order valence-corrected chi connectivity index (χ1v) is 4.88. The molecule has 1 aromatic rings. The van der Waals surface area contributed by atoms with Crippen LogP contribution >= 0.6 is 0 Å². The lowest BCUT2D eigenvalue weighted by molar-refractivity contribution is 0.737. The molecule has 3 nitrogen and oxygen atoms in total. The fourth-order valence-electron chi connectivity index (χ4n) is 1.15. The van der Waals surface area contributed by atoms with Crippen LogP contribution in [0.1, 0.15) is 40.8 Å². The third kappa shape index (κ3) is 5.49. The summed E-state index contributed by atoms with van der Waals surface area (Å²) in [6.07, 6.45) is 8.56. The molecule has 0 radical (unpaired) electrons. The number of imidazole rings is 1. The van der Waals surface area contributed by atoms with Gasteiger partial charge in [-0.25, -0.2) is 4.98 Å². The number of nitrogens with zero attached hydrogens (tertiary/aromatic N) is 3. The van der Waals surface area contributed by atoms with Crippen LogP contribution in [0.15, 0.2) is 29.3 Å². The van der Waals surface area contributed by atoms with Gasteiger partial charge in [0.05, 0.1) is 6.33 Å². The number of aromatic nitrogens is 2. The summed E-state index contributed by atoms with van der Waals surface area (Å²) in [5.74, 6) is 0. The van der Waals surface area contributed by atoms with Gasteiger partial charge in [0, 0.05) is 37.3 Å². The van der Waals surface area contributed by atoms with E-state index in [4.69, 9.17) is 0 Å². The highest BCUT2D eigenvalue weighted by Crippen LogP contribution is 2.02. The van der Waals surface area contributed by atoms with E-state index in [0.29, 0.717) is 0 Å². The molecule has 0 saturated carbocycles. The summed E-state index contributed by atoms with van der Waals surface area (Å²) in [6, 6.07) is 0. The number of aliphatic imine (C=N–C) groups is 1. The van der Waals surface area contributed by atoms with Gasteiger partial charge < -0.3 is 4.57 Å². The van der Waals surface area contributed by atoms with Crippen molar-refractivity contribution in [1.82, 2.24) is 9.55 Å². The molecule has 1 aliphatic heterocycles. The summed E-state index contributed by atoms with van der Waals surface area (Å²) in [5.41, 5.74) is 2.59. The van der Waals surface area contributed by atoms with Crippen LogP contribution in [0.2, 0.25) is 0 Å². The van der Waals surface area contributed by atoms with Gasteiger partial charge in [0.2, 0.25) is 0 Å². The molecule has 0 atom stereocenters. The zero-order valence-electron chi connectivity index (χ0n) is 9.07. The Morgan fingerprint density at radius 1 is 1.31 bits per heavy atom. The second kappa shape index (κ2) is 8.89. The summed E-state index contributed by atoms with van der Waals surface area (Å²) in [7, 11) is 0. The fraction of sp³-hybridized carbons (Fsp3) is 0.538. The zero-order chi connectivity index (χ0) is 10.4. The molecule has 16 heavy (non-hydrogen) atoms. The molecule has 0 fully saturated rings. The van der Waals surface area contributed by atoms with E-state index in [0.717, 1.165) is 13.0 Å². The van der Waals surface area contributed by atoms with Gasteiger partial charge in [-0.05, 0) is 26.3 Å². The second-order valence-corrected chi connectivity index (χ2v) is 3.33. The van der Waals surface area contributed by atoms with Crippen molar-refractivity contribution in [2.24, 2.45) is 4.99 Å². The van der Waals surface area contributed by atoms with Crippen molar-refractivity contribution in [2.75, 3.05) is 0 Å². The highest BCUT2D eigenvalue weighted by atomic mass is 15.0. The molecular weight excluding hydrogens is 198 g/mol. The fourth-order valence-corrected chi connectivity index (χ4v) is 1.15. The van der Waals surface area contributed by atoms with E-state index in [1.54, 1.807) is 0 Å². The largest absolute Gasteiger partial charge is 0.335 e. The monoisotopic (exact) mass is 223 g/mol. The Hall–Kier alpha value is -1.38. The highest BCUT2D eigenvalue weighted by Gasteiger charge is 1.88. The lowest BCUT2D eigenvalue weighted by atomic mass is 10.3. The second-order valence-electron chi connectivity index (χ2n) is 3.33. The third-order valence-corrected chi connectivity index (χ3v) is 2.07.